The maximum absolute atomic E-state index is 10.5. The molecule has 0 amide bonds. The molecule has 4 N–H and O–H groups in total. The lowest BCUT2D eigenvalue weighted by Crippen LogP contribution is -2.65. The van der Waals surface area contributed by atoms with Gasteiger partial charge in [0.15, 0.2) is 0 Å². The van der Waals surface area contributed by atoms with Gasteiger partial charge in [-0.2, -0.15) is 0 Å². The molecule has 0 unspecified atom stereocenters. The summed E-state index contributed by atoms with van der Waals surface area (Å²) in [5.74, 6) is 3.59. The van der Waals surface area contributed by atoms with Crippen LogP contribution in [-0.2, 0) is 0 Å². The van der Waals surface area contributed by atoms with Gasteiger partial charge in [-0.05, 0) is 85.9 Å². The zero-order valence-corrected chi connectivity index (χ0v) is 14.0. The third kappa shape index (κ3) is 1.91. The van der Waals surface area contributed by atoms with Crippen LogP contribution in [0.2, 0.25) is 0 Å². The summed E-state index contributed by atoms with van der Waals surface area (Å²) >= 11 is 0. The quantitative estimate of drug-likeness (QED) is 0.708. The van der Waals surface area contributed by atoms with Gasteiger partial charge in [0.05, 0.1) is 12.1 Å². The van der Waals surface area contributed by atoms with E-state index in [1.54, 1.807) is 0 Å². The smallest absolute Gasteiger partial charge is 0.0846 e. The van der Waals surface area contributed by atoms with Gasteiger partial charge in [-0.3, -0.25) is 0 Å². The lowest BCUT2D eigenvalue weighted by Gasteiger charge is -2.60. The van der Waals surface area contributed by atoms with Crippen LogP contribution in [0.5, 0.6) is 0 Å². The molecule has 0 heterocycles. The fraction of sp³-hybridized carbons (Fsp3) is 1.00. The molecule has 4 fully saturated rings. The Labute approximate surface area is 129 Å². The molecule has 4 aliphatic rings. The standard InChI is InChI=1S/C19H33NO/c1-18-9-7-13(20)11-12(18)3-4-14-15-5-6-17(21)19(15,2)10-8-16(14)18/h12-17,21H,3-11,20H2,1-2H3/p+1/t12-,13+,14-,15+,16-,17-,18+,19+/m0/s1. The number of quaternary nitrogens is 1. The topological polar surface area (TPSA) is 47.9 Å². The highest BCUT2D eigenvalue weighted by atomic mass is 16.3. The van der Waals surface area contributed by atoms with E-state index >= 15 is 0 Å². The summed E-state index contributed by atoms with van der Waals surface area (Å²) in [4.78, 5) is 0. The van der Waals surface area contributed by atoms with Crippen LogP contribution in [0.1, 0.15) is 71.6 Å². The first-order valence-corrected chi connectivity index (χ1v) is 9.46. The normalized spacial score (nSPS) is 60.0. The summed E-state index contributed by atoms with van der Waals surface area (Å²) in [5.41, 5.74) is 5.20. The molecule has 0 aromatic heterocycles. The van der Waals surface area contributed by atoms with Gasteiger partial charge in [-0.1, -0.05) is 13.8 Å². The fourth-order valence-electron chi connectivity index (χ4n) is 7.32. The Balaban J connectivity index is 1.62. The minimum absolute atomic E-state index is 0.0236. The van der Waals surface area contributed by atoms with E-state index in [2.05, 4.69) is 19.6 Å². The fourth-order valence-corrected chi connectivity index (χ4v) is 7.32. The molecule has 2 nitrogen and oxygen atoms in total. The number of hydrogen-bond acceptors (Lipinski definition) is 1. The Morgan fingerprint density at radius 2 is 1.57 bits per heavy atom. The number of fused-ring (bicyclic) bond motifs is 5. The Morgan fingerprint density at radius 3 is 2.38 bits per heavy atom. The zero-order chi connectivity index (χ0) is 14.8. The summed E-state index contributed by atoms with van der Waals surface area (Å²) in [6.45, 7) is 5.02. The van der Waals surface area contributed by atoms with Gasteiger partial charge in [0, 0.05) is 6.42 Å². The van der Waals surface area contributed by atoms with Gasteiger partial charge in [0.2, 0.25) is 0 Å². The van der Waals surface area contributed by atoms with Gasteiger partial charge in [-0.25, -0.2) is 0 Å². The van der Waals surface area contributed by atoms with Crippen LogP contribution in [0.3, 0.4) is 0 Å². The molecule has 4 aliphatic carbocycles. The SMILES string of the molecule is C[C@@]12CC[C@H]3[C@@H](CC[C@H]4C[C@H]([NH3+])CC[C@]43C)[C@H]1CC[C@@H]2O. The van der Waals surface area contributed by atoms with E-state index in [4.69, 9.17) is 0 Å². The average molecular weight is 292 g/mol. The molecule has 120 valence electrons. The summed E-state index contributed by atoms with van der Waals surface area (Å²) in [5, 5.41) is 10.5. The molecule has 0 spiro atoms. The van der Waals surface area contributed by atoms with Crippen molar-refractivity contribution in [3.05, 3.63) is 0 Å². The van der Waals surface area contributed by atoms with E-state index in [9.17, 15) is 5.11 Å². The van der Waals surface area contributed by atoms with Crippen molar-refractivity contribution in [2.45, 2.75) is 83.8 Å². The molecular weight excluding hydrogens is 258 g/mol. The highest BCUT2D eigenvalue weighted by molar-refractivity contribution is 5.09. The summed E-state index contributed by atoms with van der Waals surface area (Å²) < 4.78 is 0. The number of aliphatic hydroxyl groups is 1. The van der Waals surface area contributed by atoms with Crippen LogP contribution in [-0.4, -0.2) is 17.3 Å². The monoisotopic (exact) mass is 292 g/mol. The lowest BCUT2D eigenvalue weighted by molar-refractivity contribution is -0.433. The van der Waals surface area contributed by atoms with E-state index in [0.29, 0.717) is 11.5 Å². The van der Waals surface area contributed by atoms with Crippen molar-refractivity contribution in [1.29, 1.82) is 0 Å². The van der Waals surface area contributed by atoms with Gasteiger partial charge in [0.25, 0.3) is 0 Å². The van der Waals surface area contributed by atoms with E-state index in [1.165, 1.54) is 51.4 Å². The number of aliphatic hydroxyl groups excluding tert-OH is 1. The molecule has 4 saturated carbocycles. The van der Waals surface area contributed by atoms with Crippen LogP contribution in [0.4, 0.5) is 0 Å². The molecule has 0 radical (unpaired) electrons. The maximum Gasteiger partial charge on any atom is 0.0846 e. The highest BCUT2D eigenvalue weighted by Crippen LogP contribution is 2.65. The van der Waals surface area contributed by atoms with Gasteiger partial charge in [0.1, 0.15) is 0 Å². The van der Waals surface area contributed by atoms with Crippen LogP contribution in [0, 0.1) is 34.5 Å². The summed E-state index contributed by atoms with van der Waals surface area (Å²) in [6.07, 6.45) is 12.0. The largest absolute Gasteiger partial charge is 0.393 e. The molecule has 0 aromatic rings. The highest BCUT2D eigenvalue weighted by Gasteiger charge is 2.60. The lowest BCUT2D eigenvalue weighted by atomic mass is 9.45. The van der Waals surface area contributed by atoms with E-state index in [0.717, 1.165) is 30.1 Å². The van der Waals surface area contributed by atoms with Crippen molar-refractivity contribution in [1.82, 2.24) is 0 Å². The molecule has 2 heteroatoms. The van der Waals surface area contributed by atoms with Crippen molar-refractivity contribution >= 4 is 0 Å². The number of hydrogen-bond donors (Lipinski definition) is 2. The second-order valence-electron chi connectivity index (χ2n) is 9.43. The maximum atomic E-state index is 10.5. The molecule has 0 bridgehead atoms. The van der Waals surface area contributed by atoms with E-state index < -0.39 is 0 Å². The summed E-state index contributed by atoms with van der Waals surface area (Å²) in [7, 11) is 0. The summed E-state index contributed by atoms with van der Waals surface area (Å²) in [6, 6.07) is 0.710. The van der Waals surface area contributed by atoms with Crippen molar-refractivity contribution in [2.75, 3.05) is 0 Å². The van der Waals surface area contributed by atoms with Crippen LogP contribution in [0.15, 0.2) is 0 Å². The van der Waals surface area contributed by atoms with Crippen molar-refractivity contribution in [3.8, 4) is 0 Å². The first-order valence-electron chi connectivity index (χ1n) is 9.46. The Hall–Kier alpha value is -0.0800. The predicted molar refractivity (Wildman–Crippen MR) is 84.4 cm³/mol. The molecule has 0 saturated heterocycles. The van der Waals surface area contributed by atoms with Crippen LogP contribution < -0.4 is 5.73 Å². The Kier molecular flexibility index (Phi) is 3.25. The molecule has 4 rings (SSSR count). The van der Waals surface area contributed by atoms with Crippen LogP contribution in [0.25, 0.3) is 0 Å². The minimum atomic E-state index is -0.0236. The molecule has 0 aromatic carbocycles. The van der Waals surface area contributed by atoms with Crippen molar-refractivity contribution < 1.29 is 10.8 Å². The molecule has 8 atom stereocenters. The second kappa shape index (κ2) is 4.71. The van der Waals surface area contributed by atoms with E-state index in [1.807, 2.05) is 0 Å². The first-order chi connectivity index (χ1) is 9.95. The van der Waals surface area contributed by atoms with Crippen molar-refractivity contribution in [2.24, 2.45) is 34.5 Å². The van der Waals surface area contributed by atoms with E-state index in [-0.39, 0.29) is 11.5 Å². The van der Waals surface area contributed by atoms with Gasteiger partial charge in [-0.15, -0.1) is 0 Å². The second-order valence-corrected chi connectivity index (χ2v) is 9.43. The minimum Gasteiger partial charge on any atom is -0.393 e. The third-order valence-electron chi connectivity index (χ3n) is 8.72. The molecular formula is C19H34NO+. The van der Waals surface area contributed by atoms with Crippen LogP contribution >= 0.6 is 0 Å². The van der Waals surface area contributed by atoms with Gasteiger partial charge >= 0.3 is 0 Å². The van der Waals surface area contributed by atoms with Crippen molar-refractivity contribution in [3.63, 3.8) is 0 Å². The zero-order valence-electron chi connectivity index (χ0n) is 14.0. The Bertz CT molecular complexity index is 424. The molecule has 21 heavy (non-hydrogen) atoms. The third-order valence-corrected chi connectivity index (χ3v) is 8.72. The Morgan fingerprint density at radius 1 is 0.857 bits per heavy atom. The average Bonchev–Trinajstić information content (AvgIpc) is 2.76. The predicted octanol–water partition coefficient (Wildman–Crippen LogP) is 3.00. The first kappa shape index (κ1) is 14.5. The van der Waals surface area contributed by atoms with Gasteiger partial charge < -0.3 is 10.8 Å². The molecule has 0 aliphatic heterocycles. The number of rotatable bonds is 0.